The Morgan fingerprint density at radius 2 is 2.08 bits per heavy atom. The van der Waals surface area contributed by atoms with Crippen LogP contribution in [0, 0.1) is 5.92 Å². The molecule has 0 fully saturated rings. The minimum atomic E-state index is -1.26. The molecule has 0 aromatic carbocycles. The van der Waals surface area contributed by atoms with Crippen molar-refractivity contribution in [1.82, 2.24) is 0 Å². The molecule has 12 heavy (non-hydrogen) atoms. The summed E-state index contributed by atoms with van der Waals surface area (Å²) in [6.07, 6.45) is -1.05. The fourth-order valence-corrected chi connectivity index (χ4v) is 0.834. The smallest absolute Gasteiger partial charge is 0.318 e. The molecule has 0 aliphatic heterocycles. The van der Waals surface area contributed by atoms with Gasteiger partial charge in [-0.15, -0.1) is 0 Å². The maximum absolute atomic E-state index is 10.8. The van der Waals surface area contributed by atoms with E-state index in [1.165, 1.54) is 6.92 Å². The van der Waals surface area contributed by atoms with Gasteiger partial charge in [0.2, 0.25) is 0 Å². The van der Waals surface area contributed by atoms with E-state index >= 15 is 0 Å². The number of carboxylic acid groups (broad SMARTS) is 1. The molecule has 0 aromatic heterocycles. The van der Waals surface area contributed by atoms with Crippen LogP contribution in [-0.2, 0) is 14.3 Å². The van der Waals surface area contributed by atoms with E-state index in [1.54, 1.807) is 6.92 Å². The number of hydrogen-bond acceptors (Lipinski definition) is 4. The Hall–Kier alpha value is -0.940. The van der Waals surface area contributed by atoms with Crippen LogP contribution in [-0.4, -0.2) is 29.7 Å². The van der Waals surface area contributed by atoms with Gasteiger partial charge in [0.1, 0.15) is 12.0 Å². The third kappa shape index (κ3) is 2.98. The van der Waals surface area contributed by atoms with Crippen LogP contribution in [0.1, 0.15) is 13.8 Å². The van der Waals surface area contributed by atoms with Crippen LogP contribution in [0.25, 0.3) is 0 Å². The third-order valence-electron chi connectivity index (χ3n) is 1.39. The molecule has 0 saturated heterocycles. The first-order valence-electron chi connectivity index (χ1n) is 3.61. The zero-order chi connectivity index (χ0) is 9.72. The quantitative estimate of drug-likeness (QED) is 0.438. The predicted molar refractivity (Wildman–Crippen MR) is 41.4 cm³/mol. The van der Waals surface area contributed by atoms with Crippen molar-refractivity contribution in [2.24, 2.45) is 11.7 Å². The third-order valence-corrected chi connectivity index (χ3v) is 1.39. The van der Waals surface area contributed by atoms with E-state index < -0.39 is 23.9 Å². The SMILES string of the molecule is CCOC(N)C(C(C)=O)C(=O)O. The van der Waals surface area contributed by atoms with Crippen LogP contribution >= 0.6 is 0 Å². The summed E-state index contributed by atoms with van der Waals surface area (Å²) >= 11 is 0. The molecule has 0 saturated carbocycles. The first-order valence-corrected chi connectivity index (χ1v) is 3.61. The number of Topliss-reactive ketones (excluding diaryl/α,β-unsaturated/α-hetero) is 1. The summed E-state index contributed by atoms with van der Waals surface area (Å²) in [7, 11) is 0. The highest BCUT2D eigenvalue weighted by molar-refractivity contribution is 5.97. The second-order valence-corrected chi connectivity index (χ2v) is 2.35. The number of nitrogens with two attached hydrogens (primary N) is 1. The standard InChI is InChI=1S/C7H13NO4/c1-3-12-6(8)5(4(2)9)7(10)11/h5-6H,3,8H2,1-2H3,(H,10,11). The number of carboxylic acids is 1. The molecule has 0 heterocycles. The summed E-state index contributed by atoms with van der Waals surface area (Å²) in [5.74, 6) is -3.00. The molecule has 5 heteroatoms. The first-order chi connectivity index (χ1) is 5.50. The largest absolute Gasteiger partial charge is 0.481 e. The van der Waals surface area contributed by atoms with Gasteiger partial charge in [-0.3, -0.25) is 9.59 Å². The van der Waals surface area contributed by atoms with Gasteiger partial charge in [-0.1, -0.05) is 0 Å². The number of rotatable bonds is 5. The number of ketones is 1. The van der Waals surface area contributed by atoms with E-state index in [0.29, 0.717) is 0 Å². The summed E-state index contributed by atoms with van der Waals surface area (Å²) < 4.78 is 4.80. The van der Waals surface area contributed by atoms with Crippen LogP contribution in [0.5, 0.6) is 0 Å². The zero-order valence-corrected chi connectivity index (χ0v) is 7.11. The Morgan fingerprint density at radius 3 is 2.33 bits per heavy atom. The minimum absolute atomic E-state index is 0.290. The molecule has 0 aromatic rings. The lowest BCUT2D eigenvalue weighted by Gasteiger charge is -2.16. The molecular weight excluding hydrogens is 162 g/mol. The Labute approximate surface area is 70.5 Å². The molecule has 0 radical (unpaired) electrons. The van der Waals surface area contributed by atoms with Crippen LogP contribution in [0.4, 0.5) is 0 Å². The van der Waals surface area contributed by atoms with Gasteiger partial charge in [0.25, 0.3) is 0 Å². The van der Waals surface area contributed by atoms with Crippen molar-refractivity contribution in [3.63, 3.8) is 0 Å². The number of carbonyl (C=O) groups is 2. The summed E-state index contributed by atoms with van der Waals surface area (Å²) in [5, 5.41) is 8.56. The number of hydrogen-bond donors (Lipinski definition) is 2. The maximum atomic E-state index is 10.8. The lowest BCUT2D eigenvalue weighted by Crippen LogP contribution is -2.41. The monoisotopic (exact) mass is 175 g/mol. The van der Waals surface area contributed by atoms with Crippen molar-refractivity contribution >= 4 is 11.8 Å². The van der Waals surface area contributed by atoms with Crippen molar-refractivity contribution in [1.29, 1.82) is 0 Å². The molecule has 70 valence electrons. The second kappa shape index (κ2) is 4.84. The Morgan fingerprint density at radius 1 is 1.58 bits per heavy atom. The Kier molecular flexibility index (Phi) is 4.46. The normalized spacial score (nSPS) is 15.2. The molecule has 0 aliphatic rings. The van der Waals surface area contributed by atoms with E-state index in [0.717, 1.165) is 0 Å². The van der Waals surface area contributed by atoms with E-state index in [1.807, 2.05) is 0 Å². The van der Waals surface area contributed by atoms with Crippen LogP contribution < -0.4 is 5.73 Å². The van der Waals surface area contributed by atoms with Gasteiger partial charge in [-0.2, -0.15) is 0 Å². The average molecular weight is 175 g/mol. The molecule has 3 N–H and O–H groups in total. The lowest BCUT2D eigenvalue weighted by molar-refractivity contribution is -0.152. The fourth-order valence-electron chi connectivity index (χ4n) is 0.834. The van der Waals surface area contributed by atoms with Crippen molar-refractivity contribution in [3.05, 3.63) is 0 Å². The molecule has 0 amide bonds. The highest BCUT2D eigenvalue weighted by atomic mass is 16.5. The van der Waals surface area contributed by atoms with Gasteiger partial charge in [-0.25, -0.2) is 0 Å². The summed E-state index contributed by atoms with van der Waals surface area (Å²) in [6, 6.07) is 0. The van der Waals surface area contributed by atoms with Gasteiger partial charge >= 0.3 is 5.97 Å². The van der Waals surface area contributed by atoms with Gasteiger partial charge in [-0.05, 0) is 13.8 Å². The topological polar surface area (TPSA) is 89.6 Å². The lowest BCUT2D eigenvalue weighted by atomic mass is 10.0. The first kappa shape index (κ1) is 11.1. The van der Waals surface area contributed by atoms with Crippen molar-refractivity contribution in [2.45, 2.75) is 20.1 Å². The van der Waals surface area contributed by atoms with Crippen LogP contribution in [0.3, 0.4) is 0 Å². The predicted octanol–water partition coefficient (Wildman–Crippen LogP) is -0.402. The number of carbonyl (C=O) groups excluding carboxylic acids is 1. The molecule has 0 bridgehead atoms. The molecule has 5 nitrogen and oxygen atoms in total. The number of ether oxygens (including phenoxy) is 1. The molecule has 2 atom stereocenters. The average Bonchev–Trinajstić information content (AvgIpc) is 1.85. The van der Waals surface area contributed by atoms with Gasteiger partial charge < -0.3 is 15.6 Å². The van der Waals surface area contributed by atoms with E-state index in [2.05, 4.69) is 0 Å². The van der Waals surface area contributed by atoms with Gasteiger partial charge in [0.15, 0.2) is 5.92 Å². The Bertz CT molecular complexity index is 166. The fraction of sp³-hybridized carbons (Fsp3) is 0.714. The highest BCUT2D eigenvalue weighted by Gasteiger charge is 2.29. The van der Waals surface area contributed by atoms with Gasteiger partial charge in [0.05, 0.1) is 0 Å². The Balaban J connectivity index is 4.29. The van der Waals surface area contributed by atoms with Crippen LogP contribution in [0.15, 0.2) is 0 Å². The molecule has 0 spiro atoms. The molecular formula is C7H13NO4. The molecule has 0 rings (SSSR count). The molecule has 2 unspecified atom stereocenters. The minimum Gasteiger partial charge on any atom is -0.481 e. The van der Waals surface area contributed by atoms with Crippen LogP contribution in [0.2, 0.25) is 0 Å². The maximum Gasteiger partial charge on any atom is 0.318 e. The molecule has 0 aliphatic carbocycles. The van der Waals surface area contributed by atoms with E-state index in [-0.39, 0.29) is 6.61 Å². The second-order valence-electron chi connectivity index (χ2n) is 2.35. The summed E-state index contributed by atoms with van der Waals surface area (Å²) in [5.41, 5.74) is 5.31. The van der Waals surface area contributed by atoms with Crippen molar-refractivity contribution < 1.29 is 19.4 Å². The number of aliphatic carboxylic acids is 1. The van der Waals surface area contributed by atoms with Crippen molar-refractivity contribution in [2.75, 3.05) is 6.61 Å². The zero-order valence-electron chi connectivity index (χ0n) is 7.11. The summed E-state index contributed by atoms with van der Waals surface area (Å²) in [4.78, 5) is 21.2. The van der Waals surface area contributed by atoms with E-state index in [4.69, 9.17) is 15.6 Å². The van der Waals surface area contributed by atoms with Gasteiger partial charge in [0, 0.05) is 6.61 Å². The summed E-state index contributed by atoms with van der Waals surface area (Å²) in [6.45, 7) is 3.15. The van der Waals surface area contributed by atoms with E-state index in [9.17, 15) is 9.59 Å². The highest BCUT2D eigenvalue weighted by Crippen LogP contribution is 2.04. The van der Waals surface area contributed by atoms with Crippen molar-refractivity contribution in [3.8, 4) is 0 Å².